The van der Waals surface area contributed by atoms with Crippen molar-refractivity contribution < 1.29 is 4.79 Å². The van der Waals surface area contributed by atoms with Crippen molar-refractivity contribution >= 4 is 17.7 Å². The zero-order valence-corrected chi connectivity index (χ0v) is 11.6. The van der Waals surface area contributed by atoms with Crippen LogP contribution in [-0.2, 0) is 11.2 Å². The van der Waals surface area contributed by atoms with Gasteiger partial charge < -0.3 is 5.32 Å². The van der Waals surface area contributed by atoms with E-state index in [1.165, 1.54) is 10.5 Å². The maximum atomic E-state index is 11.2. The average molecular weight is 251 g/mol. The van der Waals surface area contributed by atoms with Crippen molar-refractivity contribution in [3.8, 4) is 0 Å². The first-order chi connectivity index (χ1) is 8.15. The topological polar surface area (TPSA) is 29.1 Å². The molecule has 1 N–H and O–H groups in total. The number of amides is 1. The smallest absolute Gasteiger partial charge is 0.219 e. The minimum atomic E-state index is 0.134. The van der Waals surface area contributed by atoms with Crippen molar-refractivity contribution in [2.75, 3.05) is 6.26 Å². The number of benzene rings is 1. The molecule has 0 fully saturated rings. The lowest BCUT2D eigenvalue weighted by Crippen LogP contribution is -2.32. The molecule has 1 amide bonds. The van der Waals surface area contributed by atoms with Gasteiger partial charge in [-0.15, -0.1) is 11.8 Å². The predicted octanol–water partition coefficient (Wildman–Crippen LogP) is 3.26. The molecule has 2 nitrogen and oxygen atoms in total. The summed E-state index contributed by atoms with van der Waals surface area (Å²) in [6.45, 7) is 3.94. The molecule has 0 aliphatic heterocycles. The Bertz CT molecular complexity index is 348. The number of hydrogen-bond acceptors (Lipinski definition) is 2. The van der Waals surface area contributed by atoms with Gasteiger partial charge in [-0.2, -0.15) is 0 Å². The van der Waals surface area contributed by atoms with Crippen molar-refractivity contribution in [2.45, 2.75) is 44.0 Å². The van der Waals surface area contributed by atoms with Gasteiger partial charge in [-0.1, -0.05) is 19.1 Å². The molecule has 1 aromatic rings. The molecule has 17 heavy (non-hydrogen) atoms. The summed E-state index contributed by atoms with van der Waals surface area (Å²) in [5.74, 6) is 0.134. The summed E-state index contributed by atoms with van der Waals surface area (Å²) in [6.07, 6.45) is 4.65. The monoisotopic (exact) mass is 251 g/mol. The van der Waals surface area contributed by atoms with Gasteiger partial charge in [0.1, 0.15) is 0 Å². The highest BCUT2D eigenvalue weighted by Gasteiger charge is 2.05. The van der Waals surface area contributed by atoms with Gasteiger partial charge >= 0.3 is 0 Å². The lowest BCUT2D eigenvalue weighted by atomic mass is 10.1. The fourth-order valence-corrected chi connectivity index (χ4v) is 2.03. The Morgan fingerprint density at radius 2 is 2.00 bits per heavy atom. The molecule has 0 spiro atoms. The lowest BCUT2D eigenvalue weighted by Gasteiger charge is -2.13. The molecule has 0 saturated carbocycles. The molecular formula is C14H21NOS. The maximum Gasteiger partial charge on any atom is 0.219 e. The molecule has 0 bridgehead atoms. The van der Waals surface area contributed by atoms with Crippen molar-refractivity contribution in [3.05, 3.63) is 29.8 Å². The SMILES string of the molecule is CCC(=O)NC(C)CCc1ccc(SC)cc1. The molecule has 0 saturated heterocycles. The van der Waals surface area contributed by atoms with Crippen LogP contribution in [0.5, 0.6) is 0 Å². The van der Waals surface area contributed by atoms with Gasteiger partial charge in [-0.3, -0.25) is 4.79 Å². The molecule has 1 unspecified atom stereocenters. The molecule has 0 aliphatic rings. The van der Waals surface area contributed by atoms with Crippen LogP contribution in [-0.4, -0.2) is 18.2 Å². The summed E-state index contributed by atoms with van der Waals surface area (Å²) in [4.78, 5) is 12.5. The van der Waals surface area contributed by atoms with E-state index in [9.17, 15) is 4.79 Å². The number of hydrogen-bond donors (Lipinski definition) is 1. The standard InChI is InChI=1S/C14H21NOS/c1-4-14(16)15-11(2)5-6-12-7-9-13(17-3)10-8-12/h7-11H,4-6H2,1-3H3,(H,15,16). The van der Waals surface area contributed by atoms with E-state index in [1.54, 1.807) is 11.8 Å². The quantitative estimate of drug-likeness (QED) is 0.786. The zero-order chi connectivity index (χ0) is 12.7. The fourth-order valence-electron chi connectivity index (χ4n) is 1.62. The molecule has 1 atom stereocenters. The van der Waals surface area contributed by atoms with Gasteiger partial charge in [0.25, 0.3) is 0 Å². The first kappa shape index (κ1) is 14.1. The molecule has 0 heterocycles. The molecule has 0 aromatic heterocycles. The minimum Gasteiger partial charge on any atom is -0.354 e. The van der Waals surface area contributed by atoms with Crippen LogP contribution >= 0.6 is 11.8 Å². The first-order valence-electron chi connectivity index (χ1n) is 6.08. The summed E-state index contributed by atoms with van der Waals surface area (Å²) in [5, 5.41) is 2.98. The van der Waals surface area contributed by atoms with Crippen molar-refractivity contribution in [2.24, 2.45) is 0 Å². The number of carbonyl (C=O) groups is 1. The first-order valence-corrected chi connectivity index (χ1v) is 7.30. The maximum absolute atomic E-state index is 11.2. The Balaban J connectivity index is 2.36. The highest BCUT2D eigenvalue weighted by molar-refractivity contribution is 7.98. The Morgan fingerprint density at radius 3 is 2.53 bits per heavy atom. The van der Waals surface area contributed by atoms with E-state index in [0.717, 1.165) is 12.8 Å². The van der Waals surface area contributed by atoms with Crippen LogP contribution in [0, 0.1) is 0 Å². The fraction of sp³-hybridized carbons (Fsp3) is 0.500. The van der Waals surface area contributed by atoms with E-state index in [0.29, 0.717) is 6.42 Å². The molecule has 3 heteroatoms. The summed E-state index contributed by atoms with van der Waals surface area (Å²) in [7, 11) is 0. The number of nitrogens with one attached hydrogen (secondary N) is 1. The van der Waals surface area contributed by atoms with Gasteiger partial charge in [0.15, 0.2) is 0 Å². The normalized spacial score (nSPS) is 12.2. The number of carbonyl (C=O) groups excluding carboxylic acids is 1. The second-order valence-corrected chi connectivity index (χ2v) is 5.09. The van der Waals surface area contributed by atoms with Gasteiger partial charge in [0.2, 0.25) is 5.91 Å². The van der Waals surface area contributed by atoms with E-state index in [-0.39, 0.29) is 11.9 Å². The summed E-state index contributed by atoms with van der Waals surface area (Å²) < 4.78 is 0. The molecule has 1 rings (SSSR count). The minimum absolute atomic E-state index is 0.134. The van der Waals surface area contributed by atoms with Crippen LogP contribution in [0.4, 0.5) is 0 Å². The van der Waals surface area contributed by atoms with Crippen LogP contribution in [0.1, 0.15) is 32.3 Å². The third-order valence-electron chi connectivity index (χ3n) is 2.75. The van der Waals surface area contributed by atoms with Crippen LogP contribution in [0.25, 0.3) is 0 Å². The molecule has 0 radical (unpaired) electrons. The van der Waals surface area contributed by atoms with E-state index in [4.69, 9.17) is 0 Å². The van der Waals surface area contributed by atoms with E-state index in [1.807, 2.05) is 6.92 Å². The van der Waals surface area contributed by atoms with Crippen molar-refractivity contribution in [1.82, 2.24) is 5.32 Å². The average Bonchev–Trinajstić information content (AvgIpc) is 2.36. The number of aryl methyl sites for hydroxylation is 1. The number of thioether (sulfide) groups is 1. The molecular weight excluding hydrogens is 230 g/mol. The highest BCUT2D eigenvalue weighted by Crippen LogP contribution is 2.15. The van der Waals surface area contributed by atoms with E-state index < -0.39 is 0 Å². The Labute approximate surface area is 108 Å². The van der Waals surface area contributed by atoms with Crippen LogP contribution < -0.4 is 5.32 Å². The Kier molecular flexibility index (Phi) is 6.12. The highest BCUT2D eigenvalue weighted by atomic mass is 32.2. The second kappa shape index (κ2) is 7.38. The Hall–Kier alpha value is -0.960. The van der Waals surface area contributed by atoms with Gasteiger partial charge in [0, 0.05) is 17.4 Å². The van der Waals surface area contributed by atoms with Gasteiger partial charge in [0.05, 0.1) is 0 Å². The third-order valence-corrected chi connectivity index (χ3v) is 3.50. The lowest BCUT2D eigenvalue weighted by molar-refractivity contribution is -0.121. The van der Waals surface area contributed by atoms with E-state index in [2.05, 4.69) is 42.8 Å². The molecule has 94 valence electrons. The molecule has 1 aromatic carbocycles. The van der Waals surface area contributed by atoms with Crippen LogP contribution in [0.15, 0.2) is 29.2 Å². The zero-order valence-electron chi connectivity index (χ0n) is 10.8. The van der Waals surface area contributed by atoms with Crippen molar-refractivity contribution in [1.29, 1.82) is 0 Å². The van der Waals surface area contributed by atoms with Crippen LogP contribution in [0.2, 0.25) is 0 Å². The van der Waals surface area contributed by atoms with E-state index >= 15 is 0 Å². The Morgan fingerprint density at radius 1 is 1.35 bits per heavy atom. The van der Waals surface area contributed by atoms with Crippen LogP contribution in [0.3, 0.4) is 0 Å². The summed E-state index contributed by atoms with van der Waals surface area (Å²) >= 11 is 1.76. The second-order valence-electron chi connectivity index (χ2n) is 4.21. The van der Waals surface area contributed by atoms with Gasteiger partial charge in [-0.05, 0) is 43.7 Å². The molecule has 0 aliphatic carbocycles. The van der Waals surface area contributed by atoms with Crippen molar-refractivity contribution in [3.63, 3.8) is 0 Å². The third kappa shape index (κ3) is 5.26. The predicted molar refractivity (Wildman–Crippen MR) is 74.4 cm³/mol. The largest absolute Gasteiger partial charge is 0.354 e. The summed E-state index contributed by atoms with van der Waals surface area (Å²) in [6, 6.07) is 8.88. The van der Waals surface area contributed by atoms with Gasteiger partial charge in [-0.25, -0.2) is 0 Å². The number of rotatable bonds is 6. The summed E-state index contributed by atoms with van der Waals surface area (Å²) in [5.41, 5.74) is 1.33.